The van der Waals surface area contributed by atoms with Crippen molar-refractivity contribution in [1.29, 1.82) is 1.34 Å². The Morgan fingerprint density at radius 2 is 1.12 bits per heavy atom. The number of alkyl halides is 7. The smallest absolute Gasteiger partial charge is 0.397 e. The topological polar surface area (TPSA) is 285 Å². The van der Waals surface area contributed by atoms with E-state index in [-0.39, 0.29) is 123 Å². The van der Waals surface area contributed by atoms with E-state index < -0.39 is 67.3 Å². The van der Waals surface area contributed by atoms with Crippen LogP contribution in [0.3, 0.4) is 0 Å². The van der Waals surface area contributed by atoms with Gasteiger partial charge in [0.1, 0.15) is 44.1 Å². The molecule has 2 aliphatic carbocycles. The first-order valence-corrected chi connectivity index (χ1v) is 26.7. The number of amides is 1. The van der Waals surface area contributed by atoms with Gasteiger partial charge in [-0.05, 0) is 83.9 Å². The largest absolute Gasteiger partial charge is 0.478 e. The molecule has 6 aromatic rings. The van der Waals surface area contributed by atoms with Gasteiger partial charge in [0.15, 0.2) is 11.6 Å². The minimum absolute atomic E-state index is 0. The van der Waals surface area contributed by atoms with Crippen molar-refractivity contribution in [2.75, 3.05) is 18.1 Å². The van der Waals surface area contributed by atoms with Crippen LogP contribution in [-0.4, -0.2) is 123 Å². The fraction of sp³-hybridized carbons (Fsp3) is 0.415. The van der Waals surface area contributed by atoms with Crippen LogP contribution in [0.2, 0.25) is 10.3 Å². The summed E-state index contributed by atoms with van der Waals surface area (Å²) in [4.78, 5) is 31.9. The number of carboxylic acid groups (broad SMARTS) is 1. The predicted molar refractivity (Wildman–Crippen MR) is 271 cm³/mol. The molecule has 414 valence electrons. The molecule has 2 saturated carbocycles. The molecule has 0 saturated heterocycles. The van der Waals surface area contributed by atoms with Crippen LogP contribution in [-0.2, 0) is 33.2 Å². The summed E-state index contributed by atoms with van der Waals surface area (Å²) >= 11 is 13.8. The van der Waals surface area contributed by atoms with E-state index in [2.05, 4.69) is 38.7 Å². The predicted octanol–water partition coefficient (Wildman–Crippen LogP) is 7.98. The number of sulfonamides is 1. The molecule has 21 nitrogen and oxygen atoms in total. The molecule has 35 heteroatoms. The van der Waals surface area contributed by atoms with Gasteiger partial charge in [0.2, 0.25) is 11.8 Å². The van der Waals surface area contributed by atoms with Crippen LogP contribution in [0.4, 0.5) is 26.3 Å². The van der Waals surface area contributed by atoms with Crippen LogP contribution in [0.5, 0.6) is 11.8 Å². The number of nitrogens with zero attached hydrogens (tertiary/aromatic N) is 10. The monoisotopic (exact) mass is 1510 g/mol. The second kappa shape index (κ2) is 26.2. The molecular weight excluding hydrogens is 1460 g/mol. The molecule has 0 spiro atoms. The number of rotatable bonds is 13. The normalized spacial score (nSPS) is 14.3. The zero-order valence-electron chi connectivity index (χ0n) is 42.6. The first-order chi connectivity index (χ1) is 35.2. The number of nitrogens with one attached hydrogen (secondary N) is 1. The van der Waals surface area contributed by atoms with Gasteiger partial charge in [-0.3, -0.25) is 14.2 Å². The van der Waals surface area contributed by atoms with Gasteiger partial charge < -0.3 is 20.7 Å². The first kappa shape index (κ1) is 64.4. The second-order valence-electron chi connectivity index (χ2n) is 16.3. The number of aromatic nitrogens is 10. The van der Waals surface area contributed by atoms with E-state index in [1.54, 1.807) is 34.9 Å². The van der Waals surface area contributed by atoms with Crippen LogP contribution in [0.25, 0.3) is 11.6 Å². The Morgan fingerprint density at radius 3 is 1.41 bits per heavy atom. The van der Waals surface area contributed by atoms with Crippen molar-refractivity contribution in [3.63, 3.8) is 0 Å². The molecule has 0 aliphatic heterocycles. The molecule has 76 heavy (non-hydrogen) atoms. The van der Waals surface area contributed by atoms with Gasteiger partial charge in [-0.25, -0.2) is 45.7 Å². The number of pyridine rings is 2. The zero-order valence-corrected chi connectivity index (χ0v) is 50.9. The number of aryl methyl sites for hydroxylation is 4. The standard InChI is InChI=1S/C20H20ClF3N6O4S.C14H11ClF3N3O3.C6H9ClN2O2S.CH3I.BH.H3N.U/c1-11-16(12(2)29(3)26-11)35(32,33)28-18(31)13-4-5-14(25-17(13)21)30-9-6-15(27-30)34-10-19(7-8-19)20(22,23)24;15-11-8(12(22)23)1-2-9(19-11)21-6-3-10(20-21)24-7-13(4-5-13)14(16,17)18;1-4-6(12(7,10)11)5(2)9(3)8-4;1-2;;;/h4-6,9H,7-8,10H2,1-3H3,(H,28,31);1-3,6H,4-5,7H2,(H,22,23);1-3H3;1H3;1H;1H3;/i;;;2*1D;;. The summed E-state index contributed by atoms with van der Waals surface area (Å²) in [5, 5.41) is 24.3. The van der Waals surface area contributed by atoms with Gasteiger partial charge in [-0.1, -0.05) is 45.8 Å². The van der Waals surface area contributed by atoms with Crippen LogP contribution in [0.1, 0.15) is 70.5 Å². The fourth-order valence-electron chi connectivity index (χ4n) is 6.68. The molecule has 2 fully saturated rings. The number of ether oxygens (including phenoxy) is 2. The molecule has 1 amide bonds. The van der Waals surface area contributed by atoms with E-state index in [0.717, 1.165) is 0 Å². The minimum Gasteiger partial charge on any atom is -0.478 e. The Balaban J connectivity index is 0.000000418. The van der Waals surface area contributed by atoms with Crippen LogP contribution >= 0.6 is 56.5 Å². The van der Waals surface area contributed by atoms with Gasteiger partial charge in [0.25, 0.3) is 25.0 Å². The van der Waals surface area contributed by atoms with Crippen LogP contribution in [0, 0.1) is 69.6 Å². The van der Waals surface area contributed by atoms with Gasteiger partial charge in [0.05, 0.1) is 33.9 Å². The van der Waals surface area contributed by atoms with Crippen molar-refractivity contribution in [3.8, 4) is 23.4 Å². The molecule has 5 N–H and O–H groups in total. The van der Waals surface area contributed by atoms with Crippen molar-refractivity contribution in [2.24, 2.45) is 24.9 Å². The Morgan fingerprint density at radius 1 is 0.750 bits per heavy atom. The first-order valence-electron chi connectivity index (χ1n) is 21.9. The zero-order chi connectivity index (χ0) is 57.5. The fourth-order valence-corrected chi connectivity index (χ4v) is 10.1. The summed E-state index contributed by atoms with van der Waals surface area (Å²) in [6.45, 7) is 5.31. The average Bonchev–Trinajstić information content (AvgIpc) is 4.12. The summed E-state index contributed by atoms with van der Waals surface area (Å²) in [7, 11) is 4.32. The molecule has 2 radical (unpaired) electrons. The summed E-state index contributed by atoms with van der Waals surface area (Å²) in [6, 6.07) is 8.01. The number of carbonyl (C=O) groups is 2. The summed E-state index contributed by atoms with van der Waals surface area (Å²) in [5.74, 6) is -1.87. The van der Waals surface area contributed by atoms with E-state index >= 15 is 0 Å². The number of aromatic carboxylic acids is 1. The molecule has 6 aromatic heterocycles. The number of hydrogen-bond acceptors (Lipinski definition) is 15. The molecule has 0 bridgehead atoms. The Bertz CT molecular complexity index is 3300. The number of hydrogen-bond donors (Lipinski definition) is 3. The quantitative estimate of drug-likeness (QED) is 0.0247. The van der Waals surface area contributed by atoms with Crippen LogP contribution < -0.4 is 20.3 Å². The molecule has 8 rings (SSSR count). The van der Waals surface area contributed by atoms with Gasteiger partial charge >= 0.3 is 18.3 Å². The molecule has 0 unspecified atom stereocenters. The third-order valence-corrected chi connectivity index (χ3v) is 15.0. The molecule has 0 atom stereocenters. The van der Waals surface area contributed by atoms with Gasteiger partial charge in [0, 0.05) is 90.2 Å². The van der Waals surface area contributed by atoms with Crippen molar-refractivity contribution in [1.82, 2.24) is 60.0 Å². The van der Waals surface area contributed by atoms with E-state index in [1.165, 1.54) is 74.4 Å². The maximum absolute atomic E-state index is 13.1. The molecule has 2 aliphatic rings. The Kier molecular flexibility index (Phi) is 22.2. The Labute approximate surface area is 488 Å². The van der Waals surface area contributed by atoms with E-state index in [9.17, 15) is 52.8 Å². The van der Waals surface area contributed by atoms with E-state index in [1.807, 2.05) is 27.3 Å². The number of halogens is 10. The average molecular weight is 1510 g/mol. The van der Waals surface area contributed by atoms with Crippen molar-refractivity contribution in [3.05, 3.63) is 93.0 Å². The van der Waals surface area contributed by atoms with Gasteiger partial charge in [-0.2, -0.15) is 36.5 Å². The SMILES string of the molecule is Cc1nn(C)c(C)c1S(=O)(=O)Cl.Cc1nn(C)c(C)c1S(=O)(=O)NC(=O)c1ccc(-n2ccc(OCC3(C(F)(F)F)CC3)n2)nc1Cl.N.O=C(O)c1ccc(-n2ccc(OCC3(C(F)(F)F)CC3)n2)nc1Cl.[2H]CI.[2H][B].[U]. The molecule has 0 aromatic carbocycles. The second-order valence-corrected chi connectivity index (χ2v) is 21.1. The number of carboxylic acids is 1. The van der Waals surface area contributed by atoms with E-state index in [4.69, 9.17) is 51.2 Å². The van der Waals surface area contributed by atoms with Crippen LogP contribution in [0.15, 0.2) is 58.6 Å². The molecular formula is C41H47BCl3F6IN12O9S2U. The summed E-state index contributed by atoms with van der Waals surface area (Å²) < 4.78 is 154. The van der Waals surface area contributed by atoms with Crippen molar-refractivity contribution >= 4 is 95.8 Å². The number of carbonyl (C=O) groups excluding carboxylic acids is 1. The van der Waals surface area contributed by atoms with Crippen molar-refractivity contribution < 1.29 is 99.8 Å². The van der Waals surface area contributed by atoms with Gasteiger partial charge in [-0.15, -0.1) is 10.2 Å². The molecule has 6 heterocycles. The van der Waals surface area contributed by atoms with Crippen molar-refractivity contribution in [2.45, 2.75) is 75.5 Å². The Hall–Kier alpha value is -4.16. The third kappa shape index (κ3) is 15.8. The third-order valence-electron chi connectivity index (χ3n) is 11.3. The minimum atomic E-state index is -4.34. The summed E-state index contributed by atoms with van der Waals surface area (Å²) in [6.07, 6.45) is -5.70. The maximum atomic E-state index is 13.1. The maximum Gasteiger partial charge on any atom is 0.397 e. The summed E-state index contributed by atoms with van der Waals surface area (Å²) in [5.41, 5.74) is -2.41. The van der Waals surface area contributed by atoms with E-state index in [0.29, 0.717) is 22.0 Å².